The Balaban J connectivity index is 2.01. The largest absolute Gasteiger partial charge is 0.480 e. The van der Waals surface area contributed by atoms with Crippen LogP contribution in [0.3, 0.4) is 0 Å². The van der Waals surface area contributed by atoms with E-state index in [4.69, 9.17) is 4.74 Å². The van der Waals surface area contributed by atoms with Crippen LogP contribution in [0.2, 0.25) is 0 Å². The lowest BCUT2D eigenvalue weighted by atomic mass is 10.2. The molecule has 2 aromatic heterocycles. The van der Waals surface area contributed by atoms with Gasteiger partial charge in [0.1, 0.15) is 17.3 Å². The second kappa shape index (κ2) is 5.81. The Hall–Kier alpha value is -2.74. The molecule has 8 heteroatoms. The summed E-state index contributed by atoms with van der Waals surface area (Å²) in [5.74, 6) is -1.76. The number of aliphatic carboxylic acids is 1. The highest BCUT2D eigenvalue weighted by molar-refractivity contribution is 5.96. The highest BCUT2D eigenvalue weighted by Gasteiger charge is 2.40. The fourth-order valence-corrected chi connectivity index (χ4v) is 2.75. The van der Waals surface area contributed by atoms with Gasteiger partial charge in [-0.2, -0.15) is 0 Å². The van der Waals surface area contributed by atoms with Crippen LogP contribution in [-0.2, 0) is 9.53 Å². The van der Waals surface area contributed by atoms with Gasteiger partial charge in [-0.25, -0.2) is 9.78 Å². The number of likely N-dealkylation sites (tertiary alicyclic amines) is 1. The molecule has 1 amide bonds. The van der Waals surface area contributed by atoms with Gasteiger partial charge in [0.15, 0.2) is 0 Å². The predicted octanol–water partition coefficient (Wildman–Crippen LogP) is 0.00860. The predicted molar refractivity (Wildman–Crippen MR) is 79.3 cm³/mol. The smallest absolute Gasteiger partial charge is 0.326 e. The first-order valence-electron chi connectivity index (χ1n) is 7.06. The number of fused-ring (bicyclic) bond motifs is 1. The Morgan fingerprint density at radius 1 is 1.39 bits per heavy atom. The van der Waals surface area contributed by atoms with E-state index in [2.05, 4.69) is 4.98 Å². The van der Waals surface area contributed by atoms with E-state index in [1.165, 1.54) is 23.9 Å². The van der Waals surface area contributed by atoms with Crippen molar-refractivity contribution in [2.45, 2.75) is 18.6 Å². The first-order chi connectivity index (χ1) is 11.0. The summed E-state index contributed by atoms with van der Waals surface area (Å²) in [6.07, 6.45) is 2.54. The molecule has 1 fully saturated rings. The van der Waals surface area contributed by atoms with E-state index < -0.39 is 23.5 Å². The van der Waals surface area contributed by atoms with Crippen LogP contribution in [0, 0.1) is 0 Å². The molecule has 0 spiro atoms. The summed E-state index contributed by atoms with van der Waals surface area (Å²) in [5, 5.41) is 9.29. The molecule has 120 valence electrons. The number of ether oxygens (including phenoxy) is 1. The number of nitrogens with zero attached hydrogens (tertiary/aromatic N) is 3. The maximum absolute atomic E-state index is 12.6. The lowest BCUT2D eigenvalue weighted by Gasteiger charge is -2.20. The molecular formula is C15H15N3O5. The molecule has 0 bridgehead atoms. The average molecular weight is 317 g/mol. The van der Waals surface area contributed by atoms with Crippen LogP contribution in [0.5, 0.6) is 0 Å². The van der Waals surface area contributed by atoms with Gasteiger partial charge in [0, 0.05) is 32.5 Å². The maximum atomic E-state index is 12.6. The molecule has 3 heterocycles. The standard InChI is InChI=1S/C15H15N3O5/c1-23-9-6-11(15(21)22)18(8-9)14(20)10-7-16-12-4-2-3-5-17(12)13(10)19/h2-5,7,9,11H,6,8H2,1H3,(H,21,22). The number of hydrogen-bond donors (Lipinski definition) is 1. The highest BCUT2D eigenvalue weighted by Crippen LogP contribution is 2.22. The Morgan fingerprint density at radius 3 is 2.87 bits per heavy atom. The molecule has 8 nitrogen and oxygen atoms in total. The summed E-state index contributed by atoms with van der Waals surface area (Å²) >= 11 is 0. The Bertz CT molecular complexity index is 831. The van der Waals surface area contributed by atoms with Crippen molar-refractivity contribution in [3.05, 3.63) is 46.5 Å². The zero-order valence-electron chi connectivity index (χ0n) is 12.4. The zero-order chi connectivity index (χ0) is 16.6. The van der Waals surface area contributed by atoms with Gasteiger partial charge in [0.2, 0.25) is 0 Å². The number of carbonyl (C=O) groups is 2. The van der Waals surface area contributed by atoms with Gasteiger partial charge in [-0.15, -0.1) is 0 Å². The second-order valence-corrected chi connectivity index (χ2v) is 5.31. The van der Waals surface area contributed by atoms with Crippen LogP contribution in [0.15, 0.2) is 35.4 Å². The van der Waals surface area contributed by atoms with Crippen LogP contribution in [0.25, 0.3) is 5.65 Å². The molecule has 2 atom stereocenters. The van der Waals surface area contributed by atoms with Gasteiger partial charge in [-0.1, -0.05) is 6.07 Å². The first kappa shape index (κ1) is 15.2. The van der Waals surface area contributed by atoms with E-state index in [0.29, 0.717) is 5.65 Å². The number of carboxylic acids is 1. The molecule has 23 heavy (non-hydrogen) atoms. The molecule has 1 saturated heterocycles. The van der Waals surface area contributed by atoms with Crippen molar-refractivity contribution in [2.24, 2.45) is 0 Å². The number of carbonyl (C=O) groups excluding carboxylic acids is 1. The molecule has 0 aliphatic carbocycles. The maximum Gasteiger partial charge on any atom is 0.326 e. The fraction of sp³-hybridized carbons (Fsp3) is 0.333. The average Bonchev–Trinajstić information content (AvgIpc) is 2.99. The third-order valence-electron chi connectivity index (χ3n) is 3.99. The minimum atomic E-state index is -1.12. The second-order valence-electron chi connectivity index (χ2n) is 5.31. The summed E-state index contributed by atoms with van der Waals surface area (Å²) < 4.78 is 6.41. The van der Waals surface area contributed by atoms with E-state index in [0.717, 1.165) is 4.90 Å². The Kier molecular flexibility index (Phi) is 3.83. The summed E-state index contributed by atoms with van der Waals surface area (Å²) in [5.41, 5.74) is -0.262. The monoisotopic (exact) mass is 317 g/mol. The van der Waals surface area contributed by atoms with Crippen molar-refractivity contribution in [1.29, 1.82) is 0 Å². The van der Waals surface area contributed by atoms with E-state index in [1.54, 1.807) is 18.2 Å². The summed E-state index contributed by atoms with van der Waals surface area (Å²) in [6.45, 7) is 0.128. The Labute approximate surface area is 130 Å². The van der Waals surface area contributed by atoms with Crippen molar-refractivity contribution in [2.75, 3.05) is 13.7 Å². The van der Waals surface area contributed by atoms with Crippen molar-refractivity contribution in [1.82, 2.24) is 14.3 Å². The van der Waals surface area contributed by atoms with E-state index in [9.17, 15) is 19.5 Å². The molecular weight excluding hydrogens is 302 g/mol. The van der Waals surface area contributed by atoms with Crippen LogP contribution >= 0.6 is 0 Å². The van der Waals surface area contributed by atoms with Gasteiger partial charge >= 0.3 is 5.97 Å². The normalized spacial score (nSPS) is 20.8. The minimum Gasteiger partial charge on any atom is -0.480 e. The SMILES string of the molecule is COC1CC(C(=O)O)N(C(=O)c2cnc3ccccn3c2=O)C1. The quantitative estimate of drug-likeness (QED) is 0.855. The third-order valence-corrected chi connectivity index (χ3v) is 3.99. The van der Waals surface area contributed by atoms with E-state index in [1.807, 2.05) is 0 Å². The van der Waals surface area contributed by atoms with Gasteiger partial charge < -0.3 is 14.7 Å². The Morgan fingerprint density at radius 2 is 2.17 bits per heavy atom. The molecule has 1 N–H and O–H groups in total. The van der Waals surface area contributed by atoms with E-state index in [-0.39, 0.29) is 24.6 Å². The number of methoxy groups -OCH3 is 1. The molecule has 0 aromatic carbocycles. The summed E-state index contributed by atoms with van der Waals surface area (Å²) in [7, 11) is 1.46. The number of carboxylic acid groups (broad SMARTS) is 1. The first-order valence-corrected chi connectivity index (χ1v) is 7.06. The number of rotatable bonds is 3. The third kappa shape index (κ3) is 2.57. The van der Waals surface area contributed by atoms with Gasteiger partial charge in [0.25, 0.3) is 11.5 Å². The van der Waals surface area contributed by atoms with Crippen LogP contribution in [-0.4, -0.2) is 57.1 Å². The zero-order valence-corrected chi connectivity index (χ0v) is 12.4. The van der Waals surface area contributed by atoms with Gasteiger partial charge in [-0.3, -0.25) is 14.0 Å². The molecule has 0 radical (unpaired) electrons. The number of pyridine rings is 1. The number of aromatic nitrogens is 2. The molecule has 1 aliphatic rings. The molecule has 3 rings (SSSR count). The van der Waals surface area contributed by atoms with Crippen molar-refractivity contribution in [3.63, 3.8) is 0 Å². The number of amides is 1. The van der Waals surface area contributed by atoms with Crippen LogP contribution in [0.4, 0.5) is 0 Å². The lowest BCUT2D eigenvalue weighted by Crippen LogP contribution is -2.43. The number of hydrogen-bond acceptors (Lipinski definition) is 5. The highest BCUT2D eigenvalue weighted by atomic mass is 16.5. The van der Waals surface area contributed by atoms with Crippen molar-refractivity contribution >= 4 is 17.5 Å². The lowest BCUT2D eigenvalue weighted by molar-refractivity contribution is -0.141. The van der Waals surface area contributed by atoms with Gasteiger partial charge in [0.05, 0.1) is 6.10 Å². The van der Waals surface area contributed by atoms with Gasteiger partial charge in [-0.05, 0) is 12.1 Å². The molecule has 2 unspecified atom stereocenters. The van der Waals surface area contributed by atoms with Crippen LogP contribution in [0.1, 0.15) is 16.8 Å². The summed E-state index contributed by atoms with van der Waals surface area (Å²) in [6, 6.07) is 4.02. The minimum absolute atomic E-state index is 0.128. The van der Waals surface area contributed by atoms with Crippen molar-refractivity contribution in [3.8, 4) is 0 Å². The topological polar surface area (TPSA) is 101 Å². The molecule has 1 aliphatic heterocycles. The van der Waals surface area contributed by atoms with E-state index >= 15 is 0 Å². The molecule has 2 aromatic rings. The van der Waals surface area contributed by atoms with Crippen LogP contribution < -0.4 is 5.56 Å². The fourth-order valence-electron chi connectivity index (χ4n) is 2.75. The van der Waals surface area contributed by atoms with Crippen molar-refractivity contribution < 1.29 is 19.4 Å². The molecule has 0 saturated carbocycles. The summed E-state index contributed by atoms with van der Waals surface area (Å²) in [4.78, 5) is 41.7.